The molecule has 0 radical (unpaired) electrons. The highest BCUT2D eigenvalue weighted by Gasteiger charge is 2.77. The van der Waals surface area contributed by atoms with Crippen molar-refractivity contribution < 1.29 is 29.0 Å². The minimum Gasteiger partial charge on any atom is -0.497 e. The Hall–Kier alpha value is -2.78. The van der Waals surface area contributed by atoms with Gasteiger partial charge in [-0.05, 0) is 43.0 Å². The van der Waals surface area contributed by atoms with Crippen LogP contribution in [0.3, 0.4) is 0 Å². The van der Waals surface area contributed by atoms with E-state index in [1.807, 2.05) is 6.92 Å². The summed E-state index contributed by atoms with van der Waals surface area (Å²) in [4.78, 5) is 45.1. The minimum absolute atomic E-state index is 0.0106. The number of aliphatic hydroxyl groups is 1. The molecule has 3 fully saturated rings. The number of anilines is 1. The normalized spacial score (nSPS) is 30.5. The van der Waals surface area contributed by atoms with Crippen molar-refractivity contribution in [2.75, 3.05) is 31.8 Å². The molecule has 3 heterocycles. The zero-order valence-corrected chi connectivity index (χ0v) is 22.5. The molecule has 1 aromatic rings. The summed E-state index contributed by atoms with van der Waals surface area (Å²) in [5, 5.41) is 10.1. The highest BCUT2D eigenvalue weighted by atomic mass is 32.2. The summed E-state index contributed by atoms with van der Waals surface area (Å²) in [6, 6.07) is 5.79. The maximum absolute atomic E-state index is 14.5. The number of benzene rings is 1. The quantitative estimate of drug-likeness (QED) is 0.348. The monoisotopic (exact) mass is 528 g/mol. The Labute approximate surface area is 222 Å². The van der Waals surface area contributed by atoms with Gasteiger partial charge in [0.05, 0.1) is 36.3 Å². The van der Waals surface area contributed by atoms with Gasteiger partial charge in [0, 0.05) is 17.5 Å². The van der Waals surface area contributed by atoms with Crippen LogP contribution in [0.25, 0.3) is 0 Å². The molecule has 1 N–H and O–H groups in total. The predicted molar refractivity (Wildman–Crippen MR) is 143 cm³/mol. The standard InChI is InChI=1S/C28H36N2O6S/c1-6-13-29(19-9-11-20(35-5)12-10-19)26(33)24-28-17(4)15-21(37-28)22(27(34)36-14-7-2)23(28)25(32)30(24)18(8-3)16-31/h6-7,9-12,17-18,21-24,31H,1-2,8,13-16H2,3-5H3/t17?,18-,21+,22-,23-,24?,28?/m0/s1. The predicted octanol–water partition coefficient (Wildman–Crippen LogP) is 3.05. The number of methoxy groups -OCH3 is 1. The van der Waals surface area contributed by atoms with Gasteiger partial charge in [0.1, 0.15) is 18.4 Å². The third-order valence-electron chi connectivity index (χ3n) is 8.07. The number of esters is 1. The highest BCUT2D eigenvalue weighted by Crippen LogP contribution is 2.69. The summed E-state index contributed by atoms with van der Waals surface area (Å²) >= 11 is 1.58. The number of hydrogen-bond donors (Lipinski definition) is 1. The minimum atomic E-state index is -0.841. The van der Waals surface area contributed by atoms with Gasteiger partial charge in [0.25, 0.3) is 5.91 Å². The number of fused-ring (bicyclic) bond motifs is 1. The number of thioether (sulfide) groups is 1. The molecule has 3 saturated heterocycles. The molecule has 0 aromatic heterocycles. The Balaban J connectivity index is 1.82. The fraction of sp³-hybridized carbons (Fsp3) is 0.536. The van der Waals surface area contributed by atoms with Crippen LogP contribution in [0.1, 0.15) is 26.7 Å². The Morgan fingerprint density at radius 3 is 2.57 bits per heavy atom. The Morgan fingerprint density at radius 1 is 1.30 bits per heavy atom. The molecule has 37 heavy (non-hydrogen) atoms. The Bertz CT molecular complexity index is 1060. The number of likely N-dealkylation sites (tertiary alicyclic amines) is 1. The molecule has 200 valence electrons. The molecule has 0 saturated carbocycles. The SMILES string of the molecule is C=CCOC(=O)[C@@H]1[C@H]2C(=O)N([C@@H](CC)CO)C(C(=O)N(CC=C)c3ccc(OC)cc3)C23S[C@@H]1CC3C. The molecule has 0 aliphatic carbocycles. The summed E-state index contributed by atoms with van der Waals surface area (Å²) in [5.41, 5.74) is 0.655. The van der Waals surface area contributed by atoms with Crippen LogP contribution in [0.4, 0.5) is 5.69 Å². The van der Waals surface area contributed by atoms with Crippen LogP contribution in [-0.4, -0.2) is 76.7 Å². The van der Waals surface area contributed by atoms with Crippen molar-refractivity contribution in [3.05, 3.63) is 49.6 Å². The van der Waals surface area contributed by atoms with Crippen molar-refractivity contribution in [1.82, 2.24) is 4.90 Å². The van der Waals surface area contributed by atoms with Crippen LogP contribution in [0.15, 0.2) is 49.6 Å². The van der Waals surface area contributed by atoms with E-state index in [2.05, 4.69) is 20.1 Å². The summed E-state index contributed by atoms with van der Waals surface area (Å²) in [7, 11) is 1.58. The van der Waals surface area contributed by atoms with E-state index in [4.69, 9.17) is 9.47 Å². The second kappa shape index (κ2) is 10.9. The van der Waals surface area contributed by atoms with Crippen LogP contribution in [0, 0.1) is 17.8 Å². The summed E-state index contributed by atoms with van der Waals surface area (Å²) in [6.07, 6.45) is 4.35. The van der Waals surface area contributed by atoms with E-state index in [-0.39, 0.29) is 42.7 Å². The molecular weight excluding hydrogens is 492 g/mol. The van der Waals surface area contributed by atoms with Gasteiger partial charge in [-0.3, -0.25) is 14.4 Å². The van der Waals surface area contributed by atoms with Crippen LogP contribution < -0.4 is 9.64 Å². The largest absolute Gasteiger partial charge is 0.497 e. The zero-order valence-electron chi connectivity index (χ0n) is 21.7. The number of hydrogen-bond acceptors (Lipinski definition) is 7. The lowest BCUT2D eigenvalue weighted by atomic mass is 9.66. The first kappa shape index (κ1) is 27.3. The van der Waals surface area contributed by atoms with E-state index in [1.54, 1.807) is 59.0 Å². The van der Waals surface area contributed by atoms with E-state index in [0.29, 0.717) is 24.3 Å². The van der Waals surface area contributed by atoms with Gasteiger partial charge in [0.2, 0.25) is 5.91 Å². The number of amides is 2. The molecular formula is C28H36N2O6S. The Morgan fingerprint density at radius 2 is 2.00 bits per heavy atom. The van der Waals surface area contributed by atoms with Crippen molar-refractivity contribution in [3.63, 3.8) is 0 Å². The molecule has 1 aromatic carbocycles. The molecule has 3 aliphatic heterocycles. The van der Waals surface area contributed by atoms with E-state index in [0.717, 1.165) is 0 Å². The lowest BCUT2D eigenvalue weighted by molar-refractivity contribution is -0.154. The van der Waals surface area contributed by atoms with Gasteiger partial charge in [-0.1, -0.05) is 32.6 Å². The molecule has 3 unspecified atom stereocenters. The van der Waals surface area contributed by atoms with E-state index < -0.39 is 34.6 Å². The number of aliphatic hydroxyl groups excluding tert-OH is 1. The summed E-state index contributed by atoms with van der Waals surface area (Å²) < 4.78 is 9.90. The lowest BCUT2D eigenvalue weighted by Crippen LogP contribution is -2.59. The van der Waals surface area contributed by atoms with E-state index in [1.165, 1.54) is 6.08 Å². The molecule has 1 spiro atoms. The van der Waals surface area contributed by atoms with Crippen LogP contribution >= 0.6 is 11.8 Å². The fourth-order valence-corrected chi connectivity index (χ4v) is 8.80. The van der Waals surface area contributed by atoms with Gasteiger partial charge in [0.15, 0.2) is 0 Å². The van der Waals surface area contributed by atoms with Gasteiger partial charge in [-0.2, -0.15) is 0 Å². The van der Waals surface area contributed by atoms with Crippen LogP contribution in [0.2, 0.25) is 0 Å². The fourth-order valence-electron chi connectivity index (χ4n) is 6.41. The van der Waals surface area contributed by atoms with Crippen LogP contribution in [-0.2, 0) is 19.1 Å². The zero-order chi connectivity index (χ0) is 26.9. The third-order valence-corrected chi connectivity index (χ3v) is 10.1. The maximum atomic E-state index is 14.5. The maximum Gasteiger partial charge on any atom is 0.311 e. The van der Waals surface area contributed by atoms with E-state index in [9.17, 15) is 19.5 Å². The molecule has 4 rings (SSSR count). The number of rotatable bonds is 11. The summed E-state index contributed by atoms with van der Waals surface area (Å²) in [6.45, 7) is 11.5. The molecule has 2 bridgehead atoms. The van der Waals surface area contributed by atoms with Crippen molar-refractivity contribution in [1.29, 1.82) is 0 Å². The number of carbonyl (C=O) groups is 3. The first-order valence-corrected chi connectivity index (χ1v) is 13.6. The number of nitrogens with zero attached hydrogens (tertiary/aromatic N) is 2. The highest BCUT2D eigenvalue weighted by molar-refractivity contribution is 8.02. The molecule has 7 atom stereocenters. The molecule has 2 amide bonds. The first-order chi connectivity index (χ1) is 17.8. The van der Waals surface area contributed by atoms with Crippen molar-refractivity contribution in [3.8, 4) is 5.75 Å². The molecule has 9 heteroatoms. The molecule has 3 aliphatic rings. The van der Waals surface area contributed by atoms with Gasteiger partial charge in [-0.25, -0.2) is 0 Å². The lowest BCUT2D eigenvalue weighted by Gasteiger charge is -2.42. The van der Waals surface area contributed by atoms with Crippen molar-refractivity contribution in [2.45, 2.75) is 48.8 Å². The first-order valence-electron chi connectivity index (χ1n) is 12.7. The van der Waals surface area contributed by atoms with Crippen molar-refractivity contribution in [2.24, 2.45) is 17.8 Å². The number of ether oxygens (including phenoxy) is 2. The third kappa shape index (κ3) is 4.26. The second-order valence-corrected chi connectivity index (χ2v) is 11.4. The van der Waals surface area contributed by atoms with E-state index >= 15 is 0 Å². The second-order valence-electron chi connectivity index (χ2n) is 9.90. The average Bonchev–Trinajstić information content (AvgIpc) is 3.50. The van der Waals surface area contributed by atoms with Gasteiger partial charge < -0.3 is 24.4 Å². The smallest absolute Gasteiger partial charge is 0.311 e. The molecule has 8 nitrogen and oxygen atoms in total. The van der Waals surface area contributed by atoms with Gasteiger partial charge in [-0.15, -0.1) is 18.3 Å². The average molecular weight is 529 g/mol. The topological polar surface area (TPSA) is 96.4 Å². The Kier molecular flexibility index (Phi) is 8.04. The van der Waals surface area contributed by atoms with Crippen LogP contribution in [0.5, 0.6) is 5.75 Å². The number of carbonyl (C=O) groups excluding carboxylic acids is 3. The summed E-state index contributed by atoms with van der Waals surface area (Å²) in [5.74, 6) is -1.58. The van der Waals surface area contributed by atoms with Gasteiger partial charge >= 0.3 is 5.97 Å². The van der Waals surface area contributed by atoms with Crippen molar-refractivity contribution >= 4 is 35.2 Å².